The maximum absolute atomic E-state index is 12.2. The zero-order chi connectivity index (χ0) is 16.9. The highest BCUT2D eigenvalue weighted by atomic mass is 16.1. The lowest BCUT2D eigenvalue weighted by Gasteiger charge is -2.33. The largest absolute Gasteiger partial charge is 0.370 e. The van der Waals surface area contributed by atoms with Crippen LogP contribution in [0.15, 0.2) is 29.7 Å². The molecule has 1 aliphatic heterocycles. The number of carbonyl (C=O) groups excluding carboxylic acids is 1. The number of anilines is 1. The fraction of sp³-hybridized carbons (Fsp3) is 0.611. The summed E-state index contributed by atoms with van der Waals surface area (Å²) in [5.74, 6) is 1.02. The predicted octanol–water partition coefficient (Wildman–Crippen LogP) is 1.56. The summed E-state index contributed by atoms with van der Waals surface area (Å²) in [7, 11) is 0. The summed E-state index contributed by atoms with van der Waals surface area (Å²) in [6.45, 7) is 6.58. The maximum Gasteiger partial charge on any atom is 0.268 e. The molecule has 2 heterocycles. The first-order valence-electron chi connectivity index (χ1n) is 8.85. The van der Waals surface area contributed by atoms with E-state index in [1.807, 2.05) is 0 Å². The summed E-state index contributed by atoms with van der Waals surface area (Å²) >= 11 is 0. The van der Waals surface area contributed by atoms with Crippen LogP contribution in [0.25, 0.3) is 0 Å². The molecule has 0 radical (unpaired) electrons. The van der Waals surface area contributed by atoms with Crippen molar-refractivity contribution in [2.75, 3.05) is 24.5 Å². The molecule has 1 N–H and O–H groups in total. The van der Waals surface area contributed by atoms with Crippen LogP contribution < -0.4 is 15.8 Å². The van der Waals surface area contributed by atoms with Crippen molar-refractivity contribution in [3.63, 3.8) is 0 Å². The average Bonchev–Trinajstić information content (AvgIpc) is 3.39. The van der Waals surface area contributed by atoms with E-state index in [1.54, 1.807) is 23.0 Å². The second-order valence-corrected chi connectivity index (χ2v) is 6.93. The summed E-state index contributed by atoms with van der Waals surface area (Å²) in [6, 6.07) is 1.69. The van der Waals surface area contributed by atoms with Crippen molar-refractivity contribution in [3.8, 4) is 0 Å². The molecule has 0 bridgehead atoms. The molecule has 6 heteroatoms. The molecule has 1 saturated carbocycles. The fourth-order valence-corrected chi connectivity index (χ4v) is 3.27. The molecule has 130 valence electrons. The molecule has 1 aromatic rings. The number of hydrogen-bond donors (Lipinski definition) is 1. The lowest BCUT2D eigenvalue weighted by atomic mass is 9.94. The smallest absolute Gasteiger partial charge is 0.268 e. The number of hydrogen-bond acceptors (Lipinski definition) is 4. The van der Waals surface area contributed by atoms with E-state index >= 15 is 0 Å². The molecule has 6 nitrogen and oxygen atoms in total. The van der Waals surface area contributed by atoms with Crippen LogP contribution in [-0.4, -0.2) is 35.3 Å². The van der Waals surface area contributed by atoms with Gasteiger partial charge in [-0.1, -0.05) is 6.08 Å². The van der Waals surface area contributed by atoms with E-state index in [9.17, 15) is 9.59 Å². The number of carbonyl (C=O) groups is 1. The minimum absolute atomic E-state index is 0.0229. The van der Waals surface area contributed by atoms with Gasteiger partial charge in [0, 0.05) is 38.7 Å². The maximum atomic E-state index is 12.2. The van der Waals surface area contributed by atoms with Crippen LogP contribution in [0.3, 0.4) is 0 Å². The third kappa shape index (κ3) is 4.46. The second kappa shape index (κ2) is 7.64. The van der Waals surface area contributed by atoms with Gasteiger partial charge in [0.15, 0.2) is 0 Å². The molecule has 2 aliphatic rings. The summed E-state index contributed by atoms with van der Waals surface area (Å²) in [5.41, 5.74) is 0.855. The molecule has 3 rings (SSSR count). The van der Waals surface area contributed by atoms with Crippen molar-refractivity contribution in [3.05, 3.63) is 35.3 Å². The Labute approximate surface area is 142 Å². The van der Waals surface area contributed by atoms with E-state index in [-0.39, 0.29) is 11.5 Å². The SMILES string of the molecule is C=CCNC(=O)CC1CCCN(c2cnn(CC3CC3)c(=O)c2)C1. The van der Waals surface area contributed by atoms with E-state index in [1.165, 1.54) is 12.8 Å². The molecule has 1 aromatic heterocycles. The first-order chi connectivity index (χ1) is 11.7. The van der Waals surface area contributed by atoms with Gasteiger partial charge in [-0.2, -0.15) is 5.10 Å². The molecule has 1 atom stereocenters. The van der Waals surface area contributed by atoms with Crippen LogP contribution >= 0.6 is 0 Å². The fourth-order valence-electron chi connectivity index (χ4n) is 3.27. The van der Waals surface area contributed by atoms with Crippen LogP contribution in [0.4, 0.5) is 5.69 Å². The van der Waals surface area contributed by atoms with Gasteiger partial charge in [0.25, 0.3) is 5.56 Å². The van der Waals surface area contributed by atoms with Crippen LogP contribution in [0.5, 0.6) is 0 Å². The Bertz CT molecular complexity index is 651. The zero-order valence-electron chi connectivity index (χ0n) is 14.1. The van der Waals surface area contributed by atoms with Gasteiger partial charge in [-0.05, 0) is 37.5 Å². The van der Waals surface area contributed by atoms with Crippen molar-refractivity contribution in [2.24, 2.45) is 11.8 Å². The molecule has 2 fully saturated rings. The summed E-state index contributed by atoms with van der Waals surface area (Å²) in [6.07, 6.45) is 8.50. The lowest BCUT2D eigenvalue weighted by Crippen LogP contribution is -2.39. The topological polar surface area (TPSA) is 67.2 Å². The zero-order valence-corrected chi connectivity index (χ0v) is 14.1. The van der Waals surface area contributed by atoms with Crippen molar-refractivity contribution in [1.82, 2.24) is 15.1 Å². The molecule has 24 heavy (non-hydrogen) atoms. The Morgan fingerprint density at radius 3 is 2.92 bits per heavy atom. The second-order valence-electron chi connectivity index (χ2n) is 6.93. The van der Waals surface area contributed by atoms with E-state index < -0.39 is 0 Å². The van der Waals surface area contributed by atoms with Gasteiger partial charge in [-0.15, -0.1) is 6.58 Å². The van der Waals surface area contributed by atoms with Crippen LogP contribution in [0, 0.1) is 11.8 Å². The molecular formula is C18H26N4O2. The summed E-state index contributed by atoms with van der Waals surface area (Å²) < 4.78 is 1.57. The van der Waals surface area contributed by atoms with Crippen LogP contribution in [0.1, 0.15) is 32.1 Å². The van der Waals surface area contributed by atoms with Gasteiger partial charge >= 0.3 is 0 Å². The average molecular weight is 330 g/mol. The van der Waals surface area contributed by atoms with Crippen LogP contribution in [-0.2, 0) is 11.3 Å². The minimum Gasteiger partial charge on any atom is -0.370 e. The lowest BCUT2D eigenvalue weighted by molar-refractivity contribution is -0.121. The molecule has 1 amide bonds. The number of nitrogens with zero attached hydrogens (tertiary/aromatic N) is 3. The Morgan fingerprint density at radius 1 is 1.38 bits per heavy atom. The van der Waals surface area contributed by atoms with Gasteiger partial charge in [0.1, 0.15) is 0 Å². The number of nitrogens with one attached hydrogen (secondary N) is 1. The van der Waals surface area contributed by atoms with Crippen LogP contribution in [0.2, 0.25) is 0 Å². The third-order valence-electron chi connectivity index (χ3n) is 4.78. The van der Waals surface area contributed by atoms with Crippen molar-refractivity contribution in [1.29, 1.82) is 0 Å². The van der Waals surface area contributed by atoms with Gasteiger partial charge in [-0.3, -0.25) is 9.59 Å². The van der Waals surface area contributed by atoms with Gasteiger partial charge in [0.2, 0.25) is 5.91 Å². The number of rotatable bonds is 7. The Morgan fingerprint density at radius 2 is 2.21 bits per heavy atom. The highest BCUT2D eigenvalue weighted by molar-refractivity contribution is 5.76. The molecule has 0 aromatic carbocycles. The third-order valence-corrected chi connectivity index (χ3v) is 4.78. The molecular weight excluding hydrogens is 304 g/mol. The highest BCUT2D eigenvalue weighted by Gasteiger charge is 2.24. The summed E-state index contributed by atoms with van der Waals surface area (Å²) in [5, 5.41) is 7.17. The van der Waals surface area contributed by atoms with E-state index in [0.717, 1.165) is 38.2 Å². The first kappa shape index (κ1) is 16.7. The van der Waals surface area contributed by atoms with Crippen molar-refractivity contribution in [2.45, 2.75) is 38.6 Å². The Kier molecular flexibility index (Phi) is 5.33. The van der Waals surface area contributed by atoms with E-state index in [2.05, 4.69) is 21.9 Å². The van der Waals surface area contributed by atoms with E-state index in [0.29, 0.717) is 24.8 Å². The highest BCUT2D eigenvalue weighted by Crippen LogP contribution is 2.30. The minimum atomic E-state index is -0.0229. The Balaban J connectivity index is 1.59. The molecule has 1 aliphatic carbocycles. The predicted molar refractivity (Wildman–Crippen MR) is 94.0 cm³/mol. The van der Waals surface area contributed by atoms with E-state index in [4.69, 9.17) is 0 Å². The van der Waals surface area contributed by atoms with Crippen molar-refractivity contribution >= 4 is 11.6 Å². The number of amides is 1. The molecule has 0 spiro atoms. The van der Waals surface area contributed by atoms with Gasteiger partial charge < -0.3 is 10.2 Å². The number of piperidine rings is 1. The van der Waals surface area contributed by atoms with Crippen molar-refractivity contribution < 1.29 is 4.79 Å². The number of aromatic nitrogens is 2. The molecule has 1 unspecified atom stereocenters. The Hall–Kier alpha value is -2.11. The quantitative estimate of drug-likeness (QED) is 0.771. The normalized spacial score (nSPS) is 20.7. The first-order valence-corrected chi connectivity index (χ1v) is 8.85. The monoisotopic (exact) mass is 330 g/mol. The standard InChI is InChI=1S/C18H26N4O2/c1-2-7-19-17(23)9-15-4-3-8-21(12-15)16-10-18(24)22(20-11-16)13-14-5-6-14/h2,10-11,14-15H,1,3-9,12-13H2,(H,19,23). The molecule has 1 saturated heterocycles. The van der Waals surface area contributed by atoms with Gasteiger partial charge in [0.05, 0.1) is 11.9 Å². The summed E-state index contributed by atoms with van der Waals surface area (Å²) in [4.78, 5) is 26.3. The van der Waals surface area contributed by atoms with Gasteiger partial charge in [-0.25, -0.2) is 4.68 Å².